The maximum atomic E-state index is 12.3. The van der Waals surface area contributed by atoms with E-state index in [1.807, 2.05) is 41.5 Å². The lowest BCUT2D eigenvalue weighted by molar-refractivity contribution is -0.480. The fourth-order valence-electron chi connectivity index (χ4n) is 3.06. The molecular formula is C27H45N9O8S2. The molecule has 2 atom stereocenters. The first-order chi connectivity index (χ1) is 21.1. The number of carbonyl (C=O) groups excluding carboxylic acids is 2. The van der Waals surface area contributed by atoms with Gasteiger partial charge in [-0.15, -0.1) is 10.2 Å². The third kappa shape index (κ3) is 11.0. The number of hydrogen-bond donors (Lipinski definition) is 2. The van der Waals surface area contributed by atoms with Gasteiger partial charge < -0.3 is 20.0 Å². The van der Waals surface area contributed by atoms with Crippen LogP contribution >= 0.6 is 23.5 Å². The minimum atomic E-state index is -1.20. The topological polar surface area (TPSA) is 220 Å². The zero-order chi connectivity index (χ0) is 35.7. The summed E-state index contributed by atoms with van der Waals surface area (Å²) in [6.45, 7) is 12.9. The number of carboxylic acids is 2. The molecule has 0 fully saturated rings. The second-order valence-electron chi connectivity index (χ2n) is 12.0. The Morgan fingerprint density at radius 1 is 0.826 bits per heavy atom. The van der Waals surface area contributed by atoms with Crippen LogP contribution in [0, 0.1) is 10.1 Å². The van der Waals surface area contributed by atoms with E-state index in [4.69, 9.17) is 5.11 Å². The third-order valence-corrected chi connectivity index (χ3v) is 9.21. The lowest BCUT2D eigenvalue weighted by Crippen LogP contribution is -2.30. The van der Waals surface area contributed by atoms with Gasteiger partial charge in [0.05, 0.1) is 0 Å². The number of carbonyl (C=O) groups is 4. The molecule has 258 valence electrons. The normalized spacial score (nSPS) is 12.8. The van der Waals surface area contributed by atoms with E-state index in [1.54, 1.807) is 35.1 Å². The summed E-state index contributed by atoms with van der Waals surface area (Å²) in [5.41, 5.74) is -0.674. The summed E-state index contributed by atoms with van der Waals surface area (Å²) in [5.74, 6) is -1.19. The second-order valence-corrected chi connectivity index (χ2v) is 14.5. The molecule has 17 nitrogen and oxygen atoms in total. The Morgan fingerprint density at radius 3 is 1.52 bits per heavy atom. The number of amides is 2. The van der Waals surface area contributed by atoms with Crippen LogP contribution in [0.2, 0.25) is 0 Å². The molecule has 19 heteroatoms. The highest BCUT2D eigenvalue weighted by atomic mass is 32.2. The summed E-state index contributed by atoms with van der Waals surface area (Å²) < 4.78 is 2.23. The van der Waals surface area contributed by atoms with Crippen LogP contribution in [0.4, 0.5) is 9.59 Å². The Hall–Kier alpha value is -3.74. The van der Waals surface area contributed by atoms with Gasteiger partial charge in [0, 0.05) is 50.4 Å². The van der Waals surface area contributed by atoms with E-state index in [0.29, 0.717) is 16.8 Å². The predicted octanol–water partition coefficient (Wildman–Crippen LogP) is 3.77. The van der Waals surface area contributed by atoms with Crippen molar-refractivity contribution in [3.05, 3.63) is 21.8 Å². The highest BCUT2D eigenvalue weighted by Crippen LogP contribution is 2.30. The average molecular weight is 688 g/mol. The molecule has 0 radical (unpaired) electrons. The van der Waals surface area contributed by atoms with Crippen molar-refractivity contribution in [3.8, 4) is 0 Å². The molecule has 2 aromatic heterocycles. The molecule has 0 bridgehead atoms. The van der Waals surface area contributed by atoms with Crippen molar-refractivity contribution < 1.29 is 34.3 Å². The zero-order valence-corrected chi connectivity index (χ0v) is 29.8. The first kappa shape index (κ1) is 40.3. The van der Waals surface area contributed by atoms with Crippen LogP contribution in [0.15, 0.2) is 10.3 Å². The maximum Gasteiger partial charge on any atom is 0.346 e. The van der Waals surface area contributed by atoms with Crippen molar-refractivity contribution in [2.24, 2.45) is 0 Å². The van der Waals surface area contributed by atoms with Crippen LogP contribution < -0.4 is 0 Å². The first-order valence-corrected chi connectivity index (χ1v) is 16.1. The van der Waals surface area contributed by atoms with Crippen molar-refractivity contribution in [2.45, 2.75) is 99.4 Å². The molecule has 0 saturated carbocycles. The molecule has 2 amide bonds. The summed E-state index contributed by atoms with van der Waals surface area (Å²) in [4.78, 5) is 68.3. The van der Waals surface area contributed by atoms with Crippen LogP contribution in [0.25, 0.3) is 0 Å². The maximum absolute atomic E-state index is 12.3. The summed E-state index contributed by atoms with van der Waals surface area (Å²) >= 11 is 1.81. The van der Waals surface area contributed by atoms with Gasteiger partial charge in [0.15, 0.2) is 22.0 Å². The monoisotopic (exact) mass is 687 g/mol. The zero-order valence-electron chi connectivity index (χ0n) is 28.2. The van der Waals surface area contributed by atoms with Gasteiger partial charge in [0.1, 0.15) is 10.5 Å². The van der Waals surface area contributed by atoms with E-state index >= 15 is 0 Å². The van der Waals surface area contributed by atoms with Gasteiger partial charge in [-0.1, -0.05) is 65.1 Å². The van der Waals surface area contributed by atoms with Crippen molar-refractivity contribution in [1.82, 2.24) is 39.3 Å². The van der Waals surface area contributed by atoms with E-state index in [1.165, 1.54) is 14.5 Å². The Morgan fingerprint density at radius 2 is 1.22 bits per heavy atom. The minimum Gasteiger partial charge on any atom is -0.480 e. The van der Waals surface area contributed by atoms with Crippen molar-refractivity contribution in [2.75, 3.05) is 34.7 Å². The summed E-state index contributed by atoms with van der Waals surface area (Å²) in [7, 11) is 6.32. The van der Waals surface area contributed by atoms with Crippen molar-refractivity contribution in [3.63, 3.8) is 0 Å². The van der Waals surface area contributed by atoms with E-state index in [9.17, 15) is 34.4 Å². The fraction of sp³-hybridized carbons (Fsp3) is 0.704. The lowest BCUT2D eigenvalue weighted by Gasteiger charge is -2.17. The SMILES string of the molecule is CCC(C)(C)c1nc(SC(C)C(=O)O)n(C(=O)N(C)C)n1.CCC(C)(C)c1nc(SC(CC[N+](=O)[O-])C(=O)O)n(C(=O)N(C)C)n1. The molecule has 0 aliphatic carbocycles. The largest absolute Gasteiger partial charge is 0.480 e. The Bertz CT molecular complexity index is 1410. The van der Waals surface area contributed by atoms with Gasteiger partial charge in [-0.25, -0.2) is 19.6 Å². The van der Waals surface area contributed by atoms with Gasteiger partial charge in [0.25, 0.3) is 0 Å². The number of hydrogen-bond acceptors (Lipinski definition) is 12. The molecule has 0 aliphatic rings. The smallest absolute Gasteiger partial charge is 0.346 e. The number of nitrogens with zero attached hydrogens (tertiary/aromatic N) is 9. The van der Waals surface area contributed by atoms with Gasteiger partial charge in [-0.2, -0.15) is 9.36 Å². The van der Waals surface area contributed by atoms with E-state index in [0.717, 1.165) is 41.0 Å². The fourth-order valence-corrected chi connectivity index (χ4v) is 4.77. The van der Waals surface area contributed by atoms with Gasteiger partial charge in [0.2, 0.25) is 6.54 Å². The second kappa shape index (κ2) is 16.7. The molecule has 0 aromatic carbocycles. The molecule has 0 aliphatic heterocycles. The van der Waals surface area contributed by atoms with E-state index in [2.05, 4.69) is 20.2 Å². The molecule has 2 unspecified atom stereocenters. The molecule has 2 rings (SSSR count). The molecule has 0 saturated heterocycles. The summed E-state index contributed by atoms with van der Waals surface area (Å²) in [6.07, 6.45) is 1.36. The van der Waals surface area contributed by atoms with Crippen LogP contribution in [0.1, 0.15) is 79.4 Å². The molecule has 46 heavy (non-hydrogen) atoms. The number of rotatable bonds is 13. The predicted molar refractivity (Wildman–Crippen MR) is 172 cm³/mol. The van der Waals surface area contributed by atoms with Gasteiger partial charge >= 0.3 is 24.0 Å². The van der Waals surface area contributed by atoms with E-state index in [-0.39, 0.29) is 23.0 Å². The van der Waals surface area contributed by atoms with Crippen LogP contribution in [0.5, 0.6) is 0 Å². The number of carboxylic acid groups (broad SMARTS) is 2. The Kier molecular flexibility index (Phi) is 14.6. The van der Waals surface area contributed by atoms with Crippen LogP contribution in [0.3, 0.4) is 0 Å². The lowest BCUT2D eigenvalue weighted by atomic mass is 9.90. The molecule has 0 spiro atoms. The van der Waals surface area contributed by atoms with Gasteiger partial charge in [-0.3, -0.25) is 19.7 Å². The quantitative estimate of drug-likeness (QED) is 0.174. The van der Waals surface area contributed by atoms with Crippen molar-refractivity contribution >= 4 is 47.5 Å². The minimum absolute atomic E-state index is 0.117. The first-order valence-electron chi connectivity index (χ1n) is 14.4. The number of nitro groups is 1. The Balaban J connectivity index is 0.000000467. The van der Waals surface area contributed by atoms with E-state index < -0.39 is 45.4 Å². The molecule has 2 N–H and O–H groups in total. The highest BCUT2D eigenvalue weighted by molar-refractivity contribution is 8.00. The standard InChI is InChI=1S/C14H23N5O5S.C13H22N4O3S/c1-6-14(2,3)11-15-12(19(16-11)13(22)17(4)5)25-9(10(20)21)7-8-18(23)24;1-7-13(3,4)10-14-11(21-8(2)9(18)19)17(15-10)12(20)16(5)6/h9H,6-8H2,1-5H3,(H,20,21);8H,7H2,1-6H3,(H,18,19). The summed E-state index contributed by atoms with van der Waals surface area (Å²) in [5, 5.41) is 36.0. The van der Waals surface area contributed by atoms with Crippen LogP contribution in [-0.4, -0.2) is 124 Å². The molecular weight excluding hydrogens is 642 g/mol. The number of thioether (sulfide) groups is 2. The average Bonchev–Trinajstić information content (AvgIpc) is 3.59. The Labute approximate surface area is 276 Å². The molecule has 2 aromatic rings. The van der Waals surface area contributed by atoms with Gasteiger partial charge in [-0.05, 0) is 19.8 Å². The van der Waals surface area contributed by atoms with Crippen molar-refractivity contribution in [1.29, 1.82) is 0 Å². The number of aliphatic carboxylic acids is 2. The summed E-state index contributed by atoms with van der Waals surface area (Å²) in [6, 6.07) is -0.813. The molecule has 2 heterocycles. The van der Waals surface area contributed by atoms with Crippen LogP contribution in [-0.2, 0) is 20.4 Å². The third-order valence-electron chi connectivity index (χ3n) is 6.99. The highest BCUT2D eigenvalue weighted by Gasteiger charge is 2.32. The number of aromatic nitrogens is 6.